The molecule has 8 nitrogen and oxygen atoms in total. The lowest BCUT2D eigenvalue weighted by atomic mass is 9.84. The van der Waals surface area contributed by atoms with Crippen molar-refractivity contribution in [2.24, 2.45) is 5.92 Å². The molecule has 2 N–H and O–H groups in total. The number of hydrogen-bond acceptors (Lipinski definition) is 4. The molecule has 4 amide bonds. The first-order valence-corrected chi connectivity index (χ1v) is 11.8. The summed E-state index contributed by atoms with van der Waals surface area (Å²) in [5.74, 6) is 0.00303. The van der Waals surface area contributed by atoms with E-state index in [1.807, 2.05) is 56.9 Å². The van der Waals surface area contributed by atoms with Gasteiger partial charge in [0, 0.05) is 55.6 Å². The molecule has 176 valence electrons. The van der Waals surface area contributed by atoms with E-state index in [2.05, 4.69) is 15.5 Å². The summed E-state index contributed by atoms with van der Waals surface area (Å²) in [4.78, 5) is 43.1. The number of urea groups is 1. The molecule has 3 rings (SSSR count). The number of piperazine rings is 1. The largest absolute Gasteiger partial charge is 0.368 e. The number of amides is 4. The predicted octanol–water partition coefficient (Wildman–Crippen LogP) is 2.90. The van der Waals surface area contributed by atoms with E-state index in [4.69, 9.17) is 0 Å². The Bertz CT molecular complexity index is 796. The fraction of sp³-hybridized carbons (Fsp3) is 0.625. The van der Waals surface area contributed by atoms with E-state index < -0.39 is 0 Å². The molecule has 0 unspecified atom stereocenters. The monoisotopic (exact) mass is 443 g/mol. The summed E-state index contributed by atoms with van der Waals surface area (Å²) in [6.07, 6.45) is 2.96. The van der Waals surface area contributed by atoms with Gasteiger partial charge in [-0.2, -0.15) is 0 Å². The summed E-state index contributed by atoms with van der Waals surface area (Å²) < 4.78 is 0. The van der Waals surface area contributed by atoms with Gasteiger partial charge in [0.15, 0.2) is 0 Å². The van der Waals surface area contributed by atoms with Crippen LogP contribution in [0.1, 0.15) is 47.0 Å². The second kappa shape index (κ2) is 10.7. The topological polar surface area (TPSA) is 85.0 Å². The molecule has 0 bridgehead atoms. The lowest BCUT2D eigenvalue weighted by molar-refractivity contribution is -0.142. The van der Waals surface area contributed by atoms with Crippen molar-refractivity contribution in [1.29, 1.82) is 0 Å². The van der Waals surface area contributed by atoms with Gasteiger partial charge in [-0.15, -0.1) is 0 Å². The van der Waals surface area contributed by atoms with Crippen LogP contribution < -0.4 is 15.5 Å². The molecule has 0 radical (unpaired) electrons. The molecular formula is C24H37N5O3. The Hall–Kier alpha value is -2.77. The molecule has 1 aromatic rings. The minimum Gasteiger partial charge on any atom is -0.368 e. The maximum atomic E-state index is 12.6. The summed E-state index contributed by atoms with van der Waals surface area (Å²) in [6, 6.07) is 7.86. The van der Waals surface area contributed by atoms with Crippen molar-refractivity contribution in [3.05, 3.63) is 24.3 Å². The maximum Gasteiger partial charge on any atom is 0.317 e. The molecule has 1 heterocycles. The van der Waals surface area contributed by atoms with Crippen LogP contribution in [0.15, 0.2) is 24.3 Å². The highest BCUT2D eigenvalue weighted by atomic mass is 16.2. The van der Waals surface area contributed by atoms with Crippen molar-refractivity contribution in [3.8, 4) is 0 Å². The van der Waals surface area contributed by atoms with Gasteiger partial charge < -0.3 is 25.3 Å². The van der Waals surface area contributed by atoms with E-state index in [9.17, 15) is 14.4 Å². The highest BCUT2D eigenvalue weighted by Crippen LogP contribution is 2.29. The molecule has 2 aliphatic rings. The number of rotatable bonds is 7. The van der Waals surface area contributed by atoms with Gasteiger partial charge in [-0.1, -0.05) is 6.42 Å². The Morgan fingerprint density at radius 1 is 1.00 bits per heavy atom. The first kappa shape index (κ1) is 23.9. The zero-order chi connectivity index (χ0) is 23.3. The van der Waals surface area contributed by atoms with Crippen LogP contribution in [0.25, 0.3) is 0 Å². The van der Waals surface area contributed by atoms with Gasteiger partial charge in [-0.3, -0.25) is 9.59 Å². The first-order valence-electron chi connectivity index (χ1n) is 11.8. The third-order valence-corrected chi connectivity index (χ3v) is 6.17. The van der Waals surface area contributed by atoms with Crippen LogP contribution in [-0.2, 0) is 9.59 Å². The second-order valence-electron chi connectivity index (χ2n) is 9.36. The Labute approximate surface area is 191 Å². The SMILES string of the molecule is CC(C)NC(=O)N1CCN(c2ccc(NC(=O)CN(C(=O)C3CCC3)C(C)C)cc2)CC1. The number of hydrogen-bond donors (Lipinski definition) is 2. The maximum absolute atomic E-state index is 12.6. The van der Waals surface area contributed by atoms with E-state index in [-0.39, 0.29) is 42.4 Å². The zero-order valence-corrected chi connectivity index (χ0v) is 19.8. The molecule has 1 aliphatic heterocycles. The normalized spacial score (nSPS) is 16.7. The van der Waals surface area contributed by atoms with E-state index in [1.165, 1.54) is 0 Å². The van der Waals surface area contributed by atoms with Crippen molar-refractivity contribution >= 4 is 29.2 Å². The average Bonchev–Trinajstić information content (AvgIpc) is 2.70. The standard InChI is InChI=1S/C24H37N5O3/c1-17(2)25-24(32)28-14-12-27(13-15-28)21-10-8-20(9-11-21)26-22(30)16-29(18(3)4)23(31)19-6-5-7-19/h8-11,17-19H,5-7,12-16H2,1-4H3,(H,25,32)(H,26,30). The summed E-state index contributed by atoms with van der Waals surface area (Å²) in [5.41, 5.74) is 1.78. The fourth-order valence-corrected chi connectivity index (χ4v) is 4.02. The van der Waals surface area contributed by atoms with E-state index >= 15 is 0 Å². The molecule has 32 heavy (non-hydrogen) atoms. The van der Waals surface area contributed by atoms with Gasteiger partial charge in [0.25, 0.3) is 0 Å². The molecule has 1 aliphatic carbocycles. The Morgan fingerprint density at radius 2 is 1.62 bits per heavy atom. The van der Waals surface area contributed by atoms with Crippen LogP contribution in [0.3, 0.4) is 0 Å². The lowest BCUT2D eigenvalue weighted by Gasteiger charge is -2.36. The molecule has 8 heteroatoms. The third-order valence-electron chi connectivity index (χ3n) is 6.17. The smallest absolute Gasteiger partial charge is 0.317 e. The van der Waals surface area contributed by atoms with Gasteiger partial charge >= 0.3 is 6.03 Å². The molecule has 1 saturated heterocycles. The van der Waals surface area contributed by atoms with Gasteiger partial charge in [-0.05, 0) is 64.8 Å². The molecule has 1 saturated carbocycles. The molecule has 0 aromatic heterocycles. The zero-order valence-electron chi connectivity index (χ0n) is 19.8. The number of benzene rings is 1. The Kier molecular flexibility index (Phi) is 7.99. The van der Waals surface area contributed by atoms with Crippen molar-refractivity contribution in [3.63, 3.8) is 0 Å². The molecule has 2 fully saturated rings. The predicted molar refractivity (Wildman–Crippen MR) is 127 cm³/mol. The van der Waals surface area contributed by atoms with Crippen LogP contribution in [0.4, 0.5) is 16.2 Å². The van der Waals surface area contributed by atoms with Gasteiger partial charge in [0.1, 0.15) is 6.54 Å². The highest BCUT2D eigenvalue weighted by Gasteiger charge is 2.31. The number of anilines is 2. The van der Waals surface area contributed by atoms with Crippen LogP contribution >= 0.6 is 0 Å². The fourth-order valence-electron chi connectivity index (χ4n) is 4.02. The lowest BCUT2D eigenvalue weighted by Crippen LogP contribution is -2.52. The summed E-state index contributed by atoms with van der Waals surface area (Å²) >= 11 is 0. The van der Waals surface area contributed by atoms with Gasteiger partial charge in [-0.25, -0.2) is 4.79 Å². The summed E-state index contributed by atoms with van der Waals surface area (Å²) in [5, 5.41) is 5.85. The third kappa shape index (κ3) is 6.14. The molecule has 1 aromatic carbocycles. The number of nitrogens with zero attached hydrogens (tertiary/aromatic N) is 3. The number of carbonyl (C=O) groups is 3. The van der Waals surface area contributed by atoms with Crippen molar-refractivity contribution in [2.45, 2.75) is 59.0 Å². The van der Waals surface area contributed by atoms with E-state index in [0.29, 0.717) is 18.8 Å². The van der Waals surface area contributed by atoms with Crippen LogP contribution in [-0.4, -0.2) is 72.5 Å². The first-order chi connectivity index (χ1) is 15.2. The molecule has 0 atom stereocenters. The summed E-state index contributed by atoms with van der Waals surface area (Å²) in [7, 11) is 0. The minimum atomic E-state index is -0.177. The quantitative estimate of drug-likeness (QED) is 0.679. The van der Waals surface area contributed by atoms with Crippen LogP contribution in [0.5, 0.6) is 0 Å². The molecular weight excluding hydrogens is 406 g/mol. The average molecular weight is 444 g/mol. The van der Waals surface area contributed by atoms with Crippen molar-refractivity contribution in [2.75, 3.05) is 42.9 Å². The molecule has 0 spiro atoms. The minimum absolute atomic E-state index is 0.00230. The Balaban J connectivity index is 1.49. The van der Waals surface area contributed by atoms with Crippen LogP contribution in [0.2, 0.25) is 0 Å². The van der Waals surface area contributed by atoms with Crippen LogP contribution in [0, 0.1) is 5.92 Å². The second-order valence-corrected chi connectivity index (χ2v) is 9.36. The van der Waals surface area contributed by atoms with Crippen molar-refractivity contribution in [1.82, 2.24) is 15.1 Å². The Morgan fingerprint density at radius 3 is 2.12 bits per heavy atom. The number of nitrogens with one attached hydrogen (secondary N) is 2. The van der Waals surface area contributed by atoms with Gasteiger partial charge in [0.2, 0.25) is 11.8 Å². The number of carbonyl (C=O) groups excluding carboxylic acids is 3. The van der Waals surface area contributed by atoms with E-state index in [1.54, 1.807) is 4.90 Å². The highest BCUT2D eigenvalue weighted by molar-refractivity contribution is 5.95. The summed E-state index contributed by atoms with van der Waals surface area (Å²) in [6.45, 7) is 10.8. The van der Waals surface area contributed by atoms with Crippen molar-refractivity contribution < 1.29 is 14.4 Å². The van der Waals surface area contributed by atoms with E-state index in [0.717, 1.165) is 38.0 Å². The van der Waals surface area contributed by atoms with Gasteiger partial charge in [0.05, 0.1) is 0 Å².